The molecule has 0 saturated carbocycles. The van der Waals surface area contributed by atoms with E-state index in [2.05, 4.69) is 12.2 Å². The zero-order valence-electron chi connectivity index (χ0n) is 15.2. The first kappa shape index (κ1) is 27.2. The van der Waals surface area contributed by atoms with Crippen LogP contribution in [0.5, 0.6) is 0 Å². The Hall–Kier alpha value is -1.80. The van der Waals surface area contributed by atoms with Gasteiger partial charge in [0, 0.05) is 0 Å². The van der Waals surface area contributed by atoms with Gasteiger partial charge in [0.2, 0.25) is 0 Å². The van der Waals surface area contributed by atoms with Crippen LogP contribution in [0.1, 0.15) is 11.1 Å². The van der Waals surface area contributed by atoms with E-state index in [1.807, 2.05) is 48.6 Å². The van der Waals surface area contributed by atoms with Gasteiger partial charge in [-0.25, -0.2) is 8.78 Å². The number of hydrogen-bond acceptors (Lipinski definition) is 0. The molecule has 0 nitrogen and oxygen atoms in total. The van der Waals surface area contributed by atoms with Gasteiger partial charge < -0.3 is 24.8 Å². The van der Waals surface area contributed by atoms with Gasteiger partial charge in [-0.3, -0.25) is 0 Å². The summed E-state index contributed by atoms with van der Waals surface area (Å²) in [6.07, 6.45) is 21.5. The zero-order valence-corrected chi connectivity index (χ0v) is 19.2. The van der Waals surface area contributed by atoms with Crippen molar-refractivity contribution in [3.8, 4) is 0 Å². The van der Waals surface area contributed by atoms with Gasteiger partial charge >= 0.3 is 26.2 Å². The molecule has 2 aromatic carbocycles. The fourth-order valence-electron chi connectivity index (χ4n) is 2.35. The quantitative estimate of drug-likeness (QED) is 0.516. The molecule has 0 unspecified atom stereocenters. The Morgan fingerprint density at radius 1 is 0.586 bits per heavy atom. The van der Waals surface area contributed by atoms with E-state index < -0.39 is 0 Å². The second kappa shape index (κ2) is 14.2. The van der Waals surface area contributed by atoms with Crippen LogP contribution in [0.15, 0.2) is 96.1 Å². The van der Waals surface area contributed by atoms with Crippen LogP contribution in [-0.2, 0) is 26.2 Å². The van der Waals surface area contributed by atoms with Gasteiger partial charge in [0.15, 0.2) is 0 Å². The zero-order chi connectivity index (χ0) is 18.2. The average molecular weight is 505 g/mol. The van der Waals surface area contributed by atoms with E-state index in [-0.39, 0.29) is 62.7 Å². The predicted octanol–water partition coefficient (Wildman–Crippen LogP) is 0.282. The Labute approximate surface area is 202 Å². The van der Waals surface area contributed by atoms with Crippen molar-refractivity contribution in [3.63, 3.8) is 0 Å². The Kier molecular flexibility index (Phi) is 13.3. The summed E-state index contributed by atoms with van der Waals surface area (Å²) >= 11 is 0. The van der Waals surface area contributed by atoms with Crippen LogP contribution in [0.3, 0.4) is 0 Å². The summed E-state index contributed by atoms with van der Waals surface area (Å²) in [6, 6.07) is 12.8. The molecule has 0 saturated heterocycles. The molecule has 0 spiro atoms. The SMILES string of the molecule is Fc1ccc(C=C2[C-]=CC=C2)cc1.Fc1ccc(C=C2[C-]=CC=C2)cc1.[Cl-].[Cl-].[Zr+4]. The van der Waals surface area contributed by atoms with E-state index in [9.17, 15) is 8.78 Å². The standard InChI is InChI=1S/2C12H8F.2ClH.Zr/c2*13-12-7-5-11(6-8-12)9-10-3-1-2-4-10;;;/h2*1-3,5-9H;2*1H;/q2*-1;;;+4/p-2. The van der Waals surface area contributed by atoms with E-state index in [1.165, 1.54) is 24.3 Å². The Bertz CT molecular complexity index is 828. The molecular formula is C24H16Cl2F2Zr. The van der Waals surface area contributed by atoms with Crippen molar-refractivity contribution in [2.45, 2.75) is 0 Å². The van der Waals surface area contributed by atoms with Gasteiger partial charge in [-0.1, -0.05) is 35.4 Å². The van der Waals surface area contributed by atoms with Gasteiger partial charge in [-0.05, 0) is 24.3 Å². The third-order valence-corrected chi connectivity index (χ3v) is 3.63. The Morgan fingerprint density at radius 2 is 0.931 bits per heavy atom. The summed E-state index contributed by atoms with van der Waals surface area (Å²) in [6.45, 7) is 0. The Morgan fingerprint density at radius 3 is 1.21 bits per heavy atom. The van der Waals surface area contributed by atoms with Crippen LogP contribution in [-0.4, -0.2) is 0 Å². The first-order valence-electron chi connectivity index (χ1n) is 8.16. The monoisotopic (exact) mass is 502 g/mol. The summed E-state index contributed by atoms with van der Waals surface area (Å²) in [5, 5.41) is 0. The van der Waals surface area contributed by atoms with E-state index in [0.717, 1.165) is 22.3 Å². The topological polar surface area (TPSA) is 0 Å². The molecule has 0 amide bonds. The molecule has 0 atom stereocenters. The van der Waals surface area contributed by atoms with Crippen molar-refractivity contribution in [2.24, 2.45) is 0 Å². The number of hydrogen-bond donors (Lipinski definition) is 0. The largest absolute Gasteiger partial charge is 4.00 e. The van der Waals surface area contributed by atoms with E-state index in [0.29, 0.717) is 0 Å². The molecule has 2 aliphatic carbocycles. The van der Waals surface area contributed by atoms with Crippen molar-refractivity contribution in [3.05, 3.63) is 131 Å². The fraction of sp³-hybridized carbons (Fsp3) is 0. The third-order valence-electron chi connectivity index (χ3n) is 3.63. The molecule has 0 heterocycles. The molecule has 0 bridgehead atoms. The molecule has 2 aromatic rings. The summed E-state index contributed by atoms with van der Waals surface area (Å²) in [4.78, 5) is 0. The predicted molar refractivity (Wildman–Crippen MR) is 103 cm³/mol. The van der Waals surface area contributed by atoms with Gasteiger partial charge in [0.1, 0.15) is 11.6 Å². The maximum Gasteiger partial charge on any atom is 4.00 e. The maximum atomic E-state index is 12.5. The molecular weight excluding hydrogens is 488 g/mol. The minimum absolute atomic E-state index is 0. The summed E-state index contributed by atoms with van der Waals surface area (Å²) in [7, 11) is 0. The number of halogens is 4. The van der Waals surface area contributed by atoms with Gasteiger partial charge in [-0.15, -0.1) is 24.3 Å². The van der Waals surface area contributed by atoms with Crippen molar-refractivity contribution in [1.82, 2.24) is 0 Å². The second-order valence-electron chi connectivity index (χ2n) is 5.64. The summed E-state index contributed by atoms with van der Waals surface area (Å²) in [5.41, 5.74) is 4.02. The van der Waals surface area contributed by atoms with Crippen LogP contribution in [0.2, 0.25) is 0 Å². The van der Waals surface area contributed by atoms with Crippen molar-refractivity contribution >= 4 is 12.2 Å². The normalized spacial score (nSPS) is 15.4. The van der Waals surface area contributed by atoms with Crippen LogP contribution in [0.4, 0.5) is 8.78 Å². The van der Waals surface area contributed by atoms with Crippen molar-refractivity contribution < 1.29 is 59.8 Å². The molecule has 144 valence electrons. The molecule has 0 aromatic heterocycles. The molecule has 0 fully saturated rings. The molecule has 0 aliphatic heterocycles. The van der Waals surface area contributed by atoms with Crippen LogP contribution in [0, 0.1) is 23.8 Å². The molecule has 0 N–H and O–H groups in total. The molecule has 4 rings (SSSR count). The van der Waals surface area contributed by atoms with Gasteiger partial charge in [0.25, 0.3) is 0 Å². The van der Waals surface area contributed by atoms with E-state index >= 15 is 0 Å². The van der Waals surface area contributed by atoms with Crippen LogP contribution in [0.25, 0.3) is 12.2 Å². The molecule has 5 heteroatoms. The third kappa shape index (κ3) is 9.50. The second-order valence-corrected chi connectivity index (χ2v) is 5.64. The van der Waals surface area contributed by atoms with Crippen LogP contribution < -0.4 is 24.8 Å². The maximum absolute atomic E-state index is 12.5. The summed E-state index contributed by atoms with van der Waals surface area (Å²) in [5.74, 6) is -0.410. The minimum atomic E-state index is -0.205. The molecule has 29 heavy (non-hydrogen) atoms. The number of allylic oxidation sites excluding steroid dienone is 10. The summed E-state index contributed by atoms with van der Waals surface area (Å²) < 4.78 is 25.1. The van der Waals surface area contributed by atoms with E-state index in [4.69, 9.17) is 0 Å². The Balaban J connectivity index is 0.000000490. The fourth-order valence-corrected chi connectivity index (χ4v) is 2.35. The first-order chi connectivity index (χ1) is 12.7. The number of benzene rings is 2. The first-order valence-corrected chi connectivity index (χ1v) is 8.16. The average Bonchev–Trinajstić information content (AvgIpc) is 3.34. The minimum Gasteiger partial charge on any atom is -1.00 e. The molecule has 0 radical (unpaired) electrons. The van der Waals surface area contributed by atoms with Gasteiger partial charge in [-0.2, -0.15) is 47.6 Å². The molecule has 2 aliphatic rings. The number of rotatable bonds is 2. The van der Waals surface area contributed by atoms with Crippen molar-refractivity contribution in [1.29, 1.82) is 0 Å². The van der Waals surface area contributed by atoms with Crippen LogP contribution >= 0.6 is 0 Å². The van der Waals surface area contributed by atoms with Crippen molar-refractivity contribution in [2.75, 3.05) is 0 Å². The van der Waals surface area contributed by atoms with Gasteiger partial charge in [0.05, 0.1) is 0 Å². The van der Waals surface area contributed by atoms with E-state index in [1.54, 1.807) is 24.3 Å². The smallest absolute Gasteiger partial charge is 1.00 e.